The molecule has 1 aromatic carbocycles. The van der Waals surface area contributed by atoms with Crippen LogP contribution in [0.25, 0.3) is 0 Å². The summed E-state index contributed by atoms with van der Waals surface area (Å²) in [6, 6.07) is 6.58. The topological polar surface area (TPSA) is 68.0 Å². The number of hydrogen-bond donors (Lipinski definition) is 1. The molecule has 1 aliphatic rings. The fraction of sp³-hybridized carbons (Fsp3) is 0.562. The highest BCUT2D eigenvalue weighted by Crippen LogP contribution is 2.31. The van der Waals surface area contributed by atoms with E-state index in [0.717, 1.165) is 11.3 Å². The maximum atomic E-state index is 12.0. The van der Waals surface area contributed by atoms with E-state index < -0.39 is 11.6 Å². The Labute approximate surface area is 130 Å². The van der Waals surface area contributed by atoms with E-state index in [1.807, 2.05) is 45.0 Å². The lowest BCUT2D eigenvalue weighted by Gasteiger charge is -2.19. The second-order valence-corrected chi connectivity index (χ2v) is 6.21. The van der Waals surface area contributed by atoms with Crippen molar-refractivity contribution in [1.82, 2.24) is 5.06 Å². The van der Waals surface area contributed by atoms with Gasteiger partial charge in [-0.1, -0.05) is 12.1 Å². The Hall–Kier alpha value is -1.63. The molecule has 0 aromatic heterocycles. The van der Waals surface area contributed by atoms with E-state index in [9.17, 15) is 9.90 Å². The quantitative estimate of drug-likeness (QED) is 0.635. The molecule has 3 atom stereocenters. The van der Waals surface area contributed by atoms with Gasteiger partial charge in [0.05, 0.1) is 26.4 Å². The third-order valence-corrected chi connectivity index (χ3v) is 3.25. The van der Waals surface area contributed by atoms with Gasteiger partial charge in [0.2, 0.25) is 0 Å². The van der Waals surface area contributed by atoms with E-state index >= 15 is 0 Å². The lowest BCUT2D eigenvalue weighted by Crippen LogP contribution is -2.28. The molecule has 1 fully saturated rings. The lowest BCUT2D eigenvalue weighted by molar-refractivity contribution is -0.162. The molecule has 0 aliphatic carbocycles. The molecular weight excluding hydrogens is 286 g/mol. The molecular formula is C16H23NO5. The number of nitrogens with zero attached hydrogens (tertiary/aromatic N) is 1. The molecule has 0 bridgehead atoms. The van der Waals surface area contributed by atoms with Gasteiger partial charge in [-0.3, -0.25) is 9.63 Å². The van der Waals surface area contributed by atoms with Crippen molar-refractivity contribution in [1.29, 1.82) is 0 Å². The molecule has 1 N–H and O–H groups in total. The fourth-order valence-electron chi connectivity index (χ4n) is 2.11. The molecule has 6 nitrogen and oxygen atoms in total. The first-order chi connectivity index (χ1) is 10.4. The monoisotopic (exact) mass is 309 g/mol. The van der Waals surface area contributed by atoms with Crippen molar-refractivity contribution in [3.63, 3.8) is 0 Å². The Morgan fingerprint density at radius 1 is 1.27 bits per heavy atom. The summed E-state index contributed by atoms with van der Waals surface area (Å²) >= 11 is 0. The Kier molecular flexibility index (Phi) is 5.05. The normalized spacial score (nSPS) is 24.0. The smallest absolute Gasteiger partial charge is 0.328 e. The second-order valence-electron chi connectivity index (χ2n) is 6.21. The number of aliphatic hydroxyl groups excluding tert-OH is 1. The number of esters is 1. The predicted octanol–water partition coefficient (Wildman–Crippen LogP) is 1.51. The zero-order valence-corrected chi connectivity index (χ0v) is 13.4. The van der Waals surface area contributed by atoms with Crippen molar-refractivity contribution in [3.8, 4) is 5.75 Å². The molecule has 122 valence electrons. The first-order valence-corrected chi connectivity index (χ1v) is 7.23. The summed E-state index contributed by atoms with van der Waals surface area (Å²) in [6.07, 6.45) is 0. The van der Waals surface area contributed by atoms with Crippen LogP contribution in [0.3, 0.4) is 0 Å². The Balaban J connectivity index is 1.88. The minimum absolute atomic E-state index is 0.146. The second kappa shape index (κ2) is 6.64. The van der Waals surface area contributed by atoms with E-state index in [2.05, 4.69) is 0 Å². The Morgan fingerprint density at radius 2 is 1.91 bits per heavy atom. The fourth-order valence-corrected chi connectivity index (χ4v) is 2.11. The number of methoxy groups -OCH3 is 1. The van der Waals surface area contributed by atoms with E-state index in [1.54, 1.807) is 7.11 Å². The zero-order chi connectivity index (χ0) is 16.3. The molecule has 22 heavy (non-hydrogen) atoms. The van der Waals surface area contributed by atoms with Crippen LogP contribution in [0.5, 0.6) is 5.75 Å². The molecule has 1 aliphatic heterocycles. The van der Waals surface area contributed by atoms with Gasteiger partial charge in [-0.25, -0.2) is 0 Å². The number of hydrogen-bond acceptors (Lipinski definition) is 6. The average molecular weight is 309 g/mol. The van der Waals surface area contributed by atoms with Crippen LogP contribution in [-0.4, -0.2) is 47.5 Å². The number of aliphatic hydroxyl groups is 1. The minimum atomic E-state index is -0.554. The van der Waals surface area contributed by atoms with Crippen molar-refractivity contribution in [2.24, 2.45) is 0 Å². The lowest BCUT2D eigenvalue weighted by atomic mass is 10.2. The molecule has 6 heteroatoms. The number of carbonyl (C=O) groups is 1. The van der Waals surface area contributed by atoms with Gasteiger partial charge in [0, 0.05) is 0 Å². The van der Waals surface area contributed by atoms with Crippen LogP contribution in [0.15, 0.2) is 24.3 Å². The highest BCUT2D eigenvalue weighted by molar-refractivity contribution is 5.80. The van der Waals surface area contributed by atoms with Gasteiger partial charge in [-0.15, -0.1) is 0 Å². The third kappa shape index (κ3) is 4.19. The standard InChI is InChI=1S/C16H23NO5/c1-16(2,3)22-15(19)14-13(9-18)17(14)21-10-11-5-7-12(20-4)8-6-11/h5-8,13-14,18H,9-10H2,1-4H3/t13-,14-,17?/m1/s1. The van der Waals surface area contributed by atoms with Gasteiger partial charge >= 0.3 is 5.97 Å². The van der Waals surface area contributed by atoms with Crippen LogP contribution >= 0.6 is 0 Å². The van der Waals surface area contributed by atoms with Crippen molar-refractivity contribution >= 4 is 5.97 Å². The van der Waals surface area contributed by atoms with Crippen LogP contribution in [0.2, 0.25) is 0 Å². The highest BCUT2D eigenvalue weighted by Gasteiger charge is 2.55. The van der Waals surface area contributed by atoms with Crippen LogP contribution in [0.4, 0.5) is 0 Å². The van der Waals surface area contributed by atoms with Gasteiger partial charge < -0.3 is 14.6 Å². The van der Waals surface area contributed by atoms with Crippen molar-refractivity contribution in [2.45, 2.75) is 45.1 Å². The predicted molar refractivity (Wildman–Crippen MR) is 80.1 cm³/mol. The molecule has 1 aromatic rings. The van der Waals surface area contributed by atoms with Gasteiger partial charge in [0.1, 0.15) is 11.4 Å². The molecule has 1 saturated heterocycles. The van der Waals surface area contributed by atoms with Crippen LogP contribution < -0.4 is 4.74 Å². The van der Waals surface area contributed by atoms with Gasteiger partial charge in [-0.05, 0) is 38.5 Å². The summed E-state index contributed by atoms with van der Waals surface area (Å²) < 4.78 is 10.4. The molecule has 0 amide bonds. The molecule has 0 spiro atoms. The van der Waals surface area contributed by atoms with Gasteiger partial charge in [0.25, 0.3) is 0 Å². The molecule has 0 saturated carbocycles. The minimum Gasteiger partial charge on any atom is -0.497 e. The molecule has 1 heterocycles. The van der Waals surface area contributed by atoms with Crippen molar-refractivity contribution < 1.29 is 24.2 Å². The summed E-state index contributed by atoms with van der Waals surface area (Å²) in [7, 11) is 1.61. The molecule has 2 rings (SSSR count). The van der Waals surface area contributed by atoms with Gasteiger partial charge in [-0.2, -0.15) is 5.06 Å². The van der Waals surface area contributed by atoms with Gasteiger partial charge in [0.15, 0.2) is 6.04 Å². The number of benzene rings is 1. The molecule has 1 unspecified atom stereocenters. The SMILES string of the molecule is COc1ccc(CON2[C@H](CO)[C@@H]2C(=O)OC(C)(C)C)cc1. The third-order valence-electron chi connectivity index (χ3n) is 3.25. The largest absolute Gasteiger partial charge is 0.497 e. The maximum absolute atomic E-state index is 12.0. The first kappa shape index (κ1) is 16.7. The first-order valence-electron chi connectivity index (χ1n) is 7.23. The van der Waals surface area contributed by atoms with Crippen LogP contribution in [0.1, 0.15) is 26.3 Å². The summed E-state index contributed by atoms with van der Waals surface area (Å²) in [6.45, 7) is 5.60. The van der Waals surface area contributed by atoms with Crippen LogP contribution in [-0.2, 0) is 21.0 Å². The Morgan fingerprint density at radius 3 is 2.41 bits per heavy atom. The van der Waals surface area contributed by atoms with Crippen molar-refractivity contribution in [2.75, 3.05) is 13.7 Å². The zero-order valence-electron chi connectivity index (χ0n) is 13.4. The van der Waals surface area contributed by atoms with Crippen LogP contribution in [0, 0.1) is 0 Å². The number of hydroxylamine groups is 2. The van der Waals surface area contributed by atoms with E-state index in [0.29, 0.717) is 6.61 Å². The van der Waals surface area contributed by atoms with E-state index in [4.69, 9.17) is 14.3 Å². The summed E-state index contributed by atoms with van der Waals surface area (Å²) in [4.78, 5) is 17.6. The maximum Gasteiger partial charge on any atom is 0.328 e. The Bertz CT molecular complexity index is 508. The van der Waals surface area contributed by atoms with E-state index in [-0.39, 0.29) is 18.6 Å². The van der Waals surface area contributed by atoms with Crippen molar-refractivity contribution in [3.05, 3.63) is 29.8 Å². The highest BCUT2D eigenvalue weighted by atomic mass is 16.7. The number of carbonyl (C=O) groups excluding carboxylic acids is 1. The summed E-state index contributed by atoms with van der Waals surface area (Å²) in [5, 5.41) is 10.8. The number of rotatable bonds is 6. The average Bonchev–Trinajstić information content (AvgIpc) is 3.17. The summed E-state index contributed by atoms with van der Waals surface area (Å²) in [5.41, 5.74) is 0.397. The summed E-state index contributed by atoms with van der Waals surface area (Å²) in [5.74, 6) is 0.400. The number of ether oxygens (including phenoxy) is 2. The van der Waals surface area contributed by atoms with E-state index in [1.165, 1.54) is 5.06 Å². The molecule has 0 radical (unpaired) electrons.